The van der Waals surface area contributed by atoms with Gasteiger partial charge in [-0.1, -0.05) is 13.8 Å². The normalized spacial score (nSPS) is 13.5. The molecule has 5 heteroatoms. The first-order chi connectivity index (χ1) is 7.73. The molecule has 17 heavy (non-hydrogen) atoms. The molecule has 0 aliphatic rings. The smallest absolute Gasteiger partial charge is 0.317 e. The summed E-state index contributed by atoms with van der Waals surface area (Å²) in [6.07, 6.45) is 0.830. The van der Waals surface area contributed by atoms with Crippen molar-refractivity contribution in [3.05, 3.63) is 0 Å². The quantitative estimate of drug-likeness (QED) is 0.703. The molecule has 5 nitrogen and oxygen atoms in total. The summed E-state index contributed by atoms with van der Waals surface area (Å²) in [5, 5.41) is 11.7. The average Bonchev–Trinajstić information content (AvgIpc) is 2.24. The van der Waals surface area contributed by atoms with Crippen LogP contribution in [0.25, 0.3) is 0 Å². The number of hydrogen-bond donors (Lipinski definition) is 2. The second-order valence-corrected chi connectivity index (χ2v) is 4.86. The van der Waals surface area contributed by atoms with Crippen molar-refractivity contribution in [3.63, 3.8) is 0 Å². The third-order valence-corrected chi connectivity index (χ3v) is 3.02. The summed E-state index contributed by atoms with van der Waals surface area (Å²) in [6.45, 7) is 9.90. The van der Waals surface area contributed by atoms with Crippen LogP contribution in [-0.4, -0.2) is 46.6 Å². The number of rotatable bonds is 7. The SMILES string of the molecule is CCN(CC(=O)O)C(C)C(=O)NC(C)(C)CC. The van der Waals surface area contributed by atoms with Gasteiger partial charge in [0, 0.05) is 5.54 Å². The van der Waals surface area contributed by atoms with E-state index in [9.17, 15) is 9.59 Å². The van der Waals surface area contributed by atoms with Gasteiger partial charge in [-0.05, 0) is 33.7 Å². The van der Waals surface area contributed by atoms with Crippen molar-refractivity contribution < 1.29 is 14.7 Å². The van der Waals surface area contributed by atoms with Gasteiger partial charge in [-0.3, -0.25) is 14.5 Å². The van der Waals surface area contributed by atoms with Crippen molar-refractivity contribution in [2.24, 2.45) is 0 Å². The molecular weight excluding hydrogens is 220 g/mol. The number of carboxylic acid groups (broad SMARTS) is 1. The first kappa shape index (κ1) is 15.9. The highest BCUT2D eigenvalue weighted by atomic mass is 16.4. The topological polar surface area (TPSA) is 69.6 Å². The van der Waals surface area contributed by atoms with E-state index in [2.05, 4.69) is 5.32 Å². The van der Waals surface area contributed by atoms with E-state index in [0.717, 1.165) is 6.42 Å². The summed E-state index contributed by atoms with van der Waals surface area (Å²) in [5.41, 5.74) is -0.256. The zero-order valence-electron chi connectivity index (χ0n) is 11.4. The number of likely N-dealkylation sites (N-methyl/N-ethyl adjacent to an activating group) is 1. The third kappa shape index (κ3) is 5.68. The number of aliphatic carboxylic acids is 1. The van der Waals surface area contributed by atoms with Gasteiger partial charge in [0.05, 0.1) is 12.6 Å². The third-order valence-electron chi connectivity index (χ3n) is 3.02. The first-order valence-corrected chi connectivity index (χ1v) is 6.01. The zero-order valence-corrected chi connectivity index (χ0v) is 11.4. The predicted molar refractivity (Wildman–Crippen MR) is 66.9 cm³/mol. The number of carbonyl (C=O) groups excluding carboxylic acids is 1. The van der Waals surface area contributed by atoms with E-state index in [4.69, 9.17) is 5.11 Å². The summed E-state index contributed by atoms with van der Waals surface area (Å²) in [5.74, 6) is -1.04. The molecule has 1 amide bonds. The Hall–Kier alpha value is -1.10. The predicted octanol–water partition coefficient (Wildman–Crippen LogP) is 1.09. The molecule has 0 radical (unpaired) electrons. The fraction of sp³-hybridized carbons (Fsp3) is 0.833. The summed E-state index contributed by atoms with van der Waals surface area (Å²) in [7, 11) is 0. The van der Waals surface area contributed by atoms with Gasteiger partial charge in [-0.2, -0.15) is 0 Å². The fourth-order valence-corrected chi connectivity index (χ4v) is 1.39. The van der Waals surface area contributed by atoms with Gasteiger partial charge in [0.15, 0.2) is 0 Å². The molecule has 0 aliphatic carbocycles. The fourth-order valence-electron chi connectivity index (χ4n) is 1.39. The van der Waals surface area contributed by atoms with Crippen molar-refractivity contribution in [1.29, 1.82) is 0 Å². The molecule has 0 aromatic rings. The highest BCUT2D eigenvalue weighted by Gasteiger charge is 2.26. The second-order valence-electron chi connectivity index (χ2n) is 4.86. The van der Waals surface area contributed by atoms with E-state index in [1.54, 1.807) is 11.8 Å². The van der Waals surface area contributed by atoms with Crippen LogP contribution in [-0.2, 0) is 9.59 Å². The Morgan fingerprint density at radius 2 is 1.88 bits per heavy atom. The molecule has 0 saturated heterocycles. The van der Waals surface area contributed by atoms with Crippen LogP contribution in [0, 0.1) is 0 Å². The molecule has 0 aromatic carbocycles. The minimum Gasteiger partial charge on any atom is -0.480 e. The Kier molecular flexibility index (Phi) is 6.16. The van der Waals surface area contributed by atoms with Crippen molar-refractivity contribution in [2.45, 2.75) is 52.6 Å². The Morgan fingerprint density at radius 1 is 1.35 bits per heavy atom. The van der Waals surface area contributed by atoms with E-state index < -0.39 is 12.0 Å². The lowest BCUT2D eigenvalue weighted by atomic mass is 10.0. The van der Waals surface area contributed by atoms with E-state index in [0.29, 0.717) is 6.54 Å². The largest absolute Gasteiger partial charge is 0.480 e. The lowest BCUT2D eigenvalue weighted by Crippen LogP contribution is -2.52. The van der Waals surface area contributed by atoms with Crippen LogP contribution < -0.4 is 5.32 Å². The van der Waals surface area contributed by atoms with Crippen molar-refractivity contribution in [1.82, 2.24) is 10.2 Å². The number of nitrogens with zero attached hydrogens (tertiary/aromatic N) is 1. The standard InChI is InChI=1S/C12H24N2O3/c1-6-12(4,5)13-11(17)9(3)14(7-2)8-10(15)16/h9H,6-8H2,1-5H3,(H,13,17)(H,15,16). The van der Waals surface area contributed by atoms with Gasteiger partial charge >= 0.3 is 5.97 Å². The highest BCUT2D eigenvalue weighted by molar-refractivity contribution is 5.82. The van der Waals surface area contributed by atoms with E-state index in [-0.39, 0.29) is 18.0 Å². The Morgan fingerprint density at radius 3 is 2.24 bits per heavy atom. The molecule has 1 atom stereocenters. The molecule has 100 valence electrons. The monoisotopic (exact) mass is 244 g/mol. The molecule has 0 aliphatic heterocycles. The summed E-state index contributed by atoms with van der Waals surface area (Å²) in [6, 6.07) is -0.429. The number of nitrogens with one attached hydrogen (secondary N) is 1. The van der Waals surface area contributed by atoms with E-state index in [1.807, 2.05) is 27.7 Å². The minimum atomic E-state index is -0.916. The molecule has 0 fully saturated rings. The minimum absolute atomic E-state index is 0.113. The molecule has 0 rings (SSSR count). The maximum absolute atomic E-state index is 12.0. The van der Waals surface area contributed by atoms with Crippen molar-refractivity contribution in [3.8, 4) is 0 Å². The number of hydrogen-bond acceptors (Lipinski definition) is 3. The number of amides is 1. The van der Waals surface area contributed by atoms with Crippen LogP contribution in [0.4, 0.5) is 0 Å². The van der Waals surface area contributed by atoms with Gasteiger partial charge in [0.1, 0.15) is 0 Å². The van der Waals surface area contributed by atoms with E-state index >= 15 is 0 Å². The molecular formula is C12H24N2O3. The van der Waals surface area contributed by atoms with Crippen LogP contribution in [0.15, 0.2) is 0 Å². The van der Waals surface area contributed by atoms with Crippen LogP contribution in [0.2, 0.25) is 0 Å². The molecule has 0 saturated carbocycles. The first-order valence-electron chi connectivity index (χ1n) is 6.01. The van der Waals surface area contributed by atoms with Crippen LogP contribution >= 0.6 is 0 Å². The molecule has 0 heterocycles. The highest BCUT2D eigenvalue weighted by Crippen LogP contribution is 2.08. The van der Waals surface area contributed by atoms with Crippen molar-refractivity contribution in [2.75, 3.05) is 13.1 Å². The summed E-state index contributed by atoms with van der Waals surface area (Å²) < 4.78 is 0. The maximum atomic E-state index is 12.0. The maximum Gasteiger partial charge on any atom is 0.317 e. The summed E-state index contributed by atoms with van der Waals surface area (Å²) in [4.78, 5) is 24.2. The van der Waals surface area contributed by atoms with Crippen molar-refractivity contribution >= 4 is 11.9 Å². The zero-order chi connectivity index (χ0) is 13.6. The van der Waals surface area contributed by atoms with Gasteiger partial charge in [-0.25, -0.2) is 0 Å². The van der Waals surface area contributed by atoms with Crippen LogP contribution in [0.5, 0.6) is 0 Å². The summed E-state index contributed by atoms with van der Waals surface area (Å²) >= 11 is 0. The lowest BCUT2D eigenvalue weighted by Gasteiger charge is -2.30. The number of carboxylic acids is 1. The molecule has 0 aromatic heterocycles. The van der Waals surface area contributed by atoms with Gasteiger partial charge < -0.3 is 10.4 Å². The molecule has 0 bridgehead atoms. The second kappa shape index (κ2) is 6.59. The average molecular weight is 244 g/mol. The van der Waals surface area contributed by atoms with Crippen LogP contribution in [0.3, 0.4) is 0 Å². The van der Waals surface area contributed by atoms with E-state index in [1.165, 1.54) is 0 Å². The Labute approximate surface area is 103 Å². The Bertz CT molecular complexity index is 277. The van der Waals surface area contributed by atoms with Gasteiger partial charge in [0.25, 0.3) is 0 Å². The molecule has 2 N–H and O–H groups in total. The Balaban J connectivity index is 4.51. The van der Waals surface area contributed by atoms with Crippen LogP contribution in [0.1, 0.15) is 41.0 Å². The van der Waals surface area contributed by atoms with Gasteiger partial charge in [-0.15, -0.1) is 0 Å². The lowest BCUT2D eigenvalue weighted by molar-refractivity contribution is -0.140. The number of carbonyl (C=O) groups is 2. The molecule has 1 unspecified atom stereocenters. The van der Waals surface area contributed by atoms with Gasteiger partial charge in [0.2, 0.25) is 5.91 Å². The molecule has 0 spiro atoms.